The van der Waals surface area contributed by atoms with Gasteiger partial charge in [0.2, 0.25) is 0 Å². The van der Waals surface area contributed by atoms with E-state index in [1.165, 1.54) is 25.1 Å². The lowest BCUT2D eigenvalue weighted by atomic mass is 10.0. The fourth-order valence-electron chi connectivity index (χ4n) is 3.79. The van der Waals surface area contributed by atoms with E-state index in [2.05, 4.69) is 32.1 Å². The van der Waals surface area contributed by atoms with E-state index in [4.69, 9.17) is 0 Å². The number of Topliss-reactive ketones (excluding diaryl/α,β-unsaturated/α-hetero) is 1. The summed E-state index contributed by atoms with van der Waals surface area (Å²) in [5.41, 5.74) is 3.07. The Kier molecular flexibility index (Phi) is 5.41. The number of fused-ring (bicyclic) bond motifs is 2. The molecule has 2 bridgehead atoms. The molecule has 2 saturated heterocycles. The first-order chi connectivity index (χ1) is 12.8. The maximum atomic E-state index is 12.4. The molecule has 5 nitrogen and oxygen atoms in total. The monoisotopic (exact) mass is 350 g/mol. The Hall–Kier alpha value is -2.05. The number of rotatable bonds is 6. The van der Waals surface area contributed by atoms with Crippen molar-refractivity contribution in [2.45, 2.75) is 6.42 Å². The first kappa shape index (κ1) is 17.4. The second-order valence-electron chi connectivity index (χ2n) is 7.19. The van der Waals surface area contributed by atoms with E-state index in [1.54, 1.807) is 0 Å². The van der Waals surface area contributed by atoms with Crippen LogP contribution in [-0.4, -0.2) is 66.8 Å². The van der Waals surface area contributed by atoms with Gasteiger partial charge >= 0.3 is 0 Å². The minimum Gasteiger partial charge on any atom is -0.297 e. The molecule has 1 N–H and O–H groups in total. The average molecular weight is 350 g/mol. The zero-order valence-corrected chi connectivity index (χ0v) is 15.1. The van der Waals surface area contributed by atoms with Crippen molar-refractivity contribution in [1.29, 1.82) is 0 Å². The Balaban J connectivity index is 1.27. The quantitative estimate of drug-likeness (QED) is 0.809. The van der Waals surface area contributed by atoms with Gasteiger partial charge in [0.05, 0.1) is 33.2 Å². The number of benzene rings is 2. The van der Waals surface area contributed by atoms with Crippen LogP contribution < -0.4 is 5.32 Å². The van der Waals surface area contributed by atoms with Gasteiger partial charge in [-0.25, -0.2) is 0 Å². The van der Waals surface area contributed by atoms with E-state index in [0.29, 0.717) is 6.54 Å². The van der Waals surface area contributed by atoms with Gasteiger partial charge in [-0.1, -0.05) is 54.6 Å². The number of nitrogens with zero attached hydrogens (tertiary/aromatic N) is 3. The Bertz CT molecular complexity index is 719. The number of hydrogen-bond acceptors (Lipinski definition) is 5. The number of ketones is 1. The smallest absolute Gasteiger partial charge is 0.176 e. The van der Waals surface area contributed by atoms with Crippen molar-refractivity contribution in [3.63, 3.8) is 0 Å². The molecule has 0 amide bonds. The highest BCUT2D eigenvalue weighted by Gasteiger charge is 2.26. The Morgan fingerprint density at radius 1 is 0.846 bits per heavy atom. The summed E-state index contributed by atoms with van der Waals surface area (Å²) in [6.45, 7) is 6.55. The summed E-state index contributed by atoms with van der Waals surface area (Å²) in [4.78, 5) is 19.7. The zero-order valence-electron chi connectivity index (χ0n) is 15.1. The standard InChI is InChI=1S/C21H26N4O/c26-21(13-22-14-25-16-23-11-4-12-24(15-23)17-25)20-9-7-19(8-10-20)18-5-2-1-3-6-18/h1-3,5-10,22H,4,11-17H2. The second-order valence-corrected chi connectivity index (χ2v) is 7.19. The molecule has 0 aromatic heterocycles. The molecule has 2 aromatic carbocycles. The molecule has 2 unspecified atom stereocenters. The normalized spacial score (nSPS) is 22.9. The van der Waals surface area contributed by atoms with Crippen LogP contribution in [0.25, 0.3) is 11.1 Å². The summed E-state index contributed by atoms with van der Waals surface area (Å²) in [6.07, 6.45) is 1.26. The van der Waals surface area contributed by atoms with E-state index in [-0.39, 0.29) is 5.78 Å². The van der Waals surface area contributed by atoms with Gasteiger partial charge in [0.15, 0.2) is 5.78 Å². The topological polar surface area (TPSA) is 38.8 Å². The SMILES string of the molecule is O=C(CNCN1CN2CCCN(C2)C1)c1ccc(-c2ccccc2)cc1. The molecule has 26 heavy (non-hydrogen) atoms. The van der Waals surface area contributed by atoms with Gasteiger partial charge in [-0.3, -0.25) is 24.8 Å². The summed E-state index contributed by atoms with van der Waals surface area (Å²) in [5.74, 6) is 0.141. The molecular weight excluding hydrogens is 324 g/mol. The minimum absolute atomic E-state index is 0.141. The first-order valence-electron chi connectivity index (χ1n) is 9.34. The molecule has 2 fully saturated rings. The van der Waals surface area contributed by atoms with Crippen LogP contribution in [0, 0.1) is 0 Å². The highest BCUT2D eigenvalue weighted by atomic mass is 16.1. The molecule has 2 heterocycles. The van der Waals surface area contributed by atoms with E-state index >= 15 is 0 Å². The van der Waals surface area contributed by atoms with Gasteiger partial charge in [0, 0.05) is 18.7 Å². The molecule has 136 valence electrons. The van der Waals surface area contributed by atoms with Crippen molar-refractivity contribution >= 4 is 5.78 Å². The van der Waals surface area contributed by atoms with Crippen molar-refractivity contribution < 1.29 is 4.79 Å². The number of carbonyl (C=O) groups excluding carboxylic acids is 1. The highest BCUT2D eigenvalue weighted by Crippen LogP contribution is 2.19. The maximum Gasteiger partial charge on any atom is 0.176 e. The number of carbonyl (C=O) groups is 1. The number of hydrogen-bond donors (Lipinski definition) is 1. The Morgan fingerprint density at radius 2 is 1.50 bits per heavy atom. The van der Waals surface area contributed by atoms with E-state index in [9.17, 15) is 4.79 Å². The third-order valence-corrected chi connectivity index (χ3v) is 5.08. The highest BCUT2D eigenvalue weighted by molar-refractivity contribution is 5.98. The molecular formula is C21H26N4O. The lowest BCUT2D eigenvalue weighted by molar-refractivity contribution is -0.0579. The Labute approximate surface area is 155 Å². The zero-order chi connectivity index (χ0) is 17.8. The van der Waals surface area contributed by atoms with Crippen molar-refractivity contribution in [2.75, 3.05) is 46.3 Å². The molecule has 2 aliphatic heterocycles. The van der Waals surface area contributed by atoms with Gasteiger partial charge in [-0.15, -0.1) is 0 Å². The molecule has 2 aliphatic rings. The van der Waals surface area contributed by atoms with Crippen LogP contribution in [-0.2, 0) is 0 Å². The van der Waals surface area contributed by atoms with E-state index < -0.39 is 0 Å². The van der Waals surface area contributed by atoms with E-state index in [0.717, 1.165) is 37.8 Å². The third-order valence-electron chi connectivity index (χ3n) is 5.08. The lowest BCUT2D eigenvalue weighted by Crippen LogP contribution is -2.59. The molecule has 2 atom stereocenters. The fourth-order valence-corrected chi connectivity index (χ4v) is 3.79. The molecule has 0 spiro atoms. The van der Waals surface area contributed by atoms with Crippen LogP contribution in [0.3, 0.4) is 0 Å². The lowest BCUT2D eigenvalue weighted by Gasteiger charge is -2.45. The van der Waals surface area contributed by atoms with Gasteiger partial charge in [-0.2, -0.15) is 0 Å². The van der Waals surface area contributed by atoms with Crippen LogP contribution >= 0.6 is 0 Å². The predicted molar refractivity (Wildman–Crippen MR) is 104 cm³/mol. The first-order valence-corrected chi connectivity index (χ1v) is 9.34. The van der Waals surface area contributed by atoms with Crippen molar-refractivity contribution in [2.24, 2.45) is 0 Å². The van der Waals surface area contributed by atoms with Gasteiger partial charge < -0.3 is 0 Å². The van der Waals surface area contributed by atoms with Crippen LogP contribution in [0.5, 0.6) is 0 Å². The van der Waals surface area contributed by atoms with Crippen molar-refractivity contribution in [3.05, 3.63) is 60.2 Å². The number of nitrogens with one attached hydrogen (secondary N) is 1. The van der Waals surface area contributed by atoms with Crippen molar-refractivity contribution in [1.82, 2.24) is 20.0 Å². The summed E-state index contributed by atoms with van der Waals surface area (Å²) in [7, 11) is 0. The maximum absolute atomic E-state index is 12.4. The minimum atomic E-state index is 0.141. The molecule has 4 rings (SSSR count). The largest absolute Gasteiger partial charge is 0.297 e. The van der Waals surface area contributed by atoms with Gasteiger partial charge in [-0.05, 0) is 17.5 Å². The van der Waals surface area contributed by atoms with Crippen LogP contribution in [0.4, 0.5) is 0 Å². The summed E-state index contributed by atoms with van der Waals surface area (Å²) in [6, 6.07) is 18.1. The fraction of sp³-hybridized carbons (Fsp3) is 0.381. The van der Waals surface area contributed by atoms with Crippen molar-refractivity contribution in [3.8, 4) is 11.1 Å². The third kappa shape index (κ3) is 4.19. The van der Waals surface area contributed by atoms with Gasteiger partial charge in [0.25, 0.3) is 0 Å². The predicted octanol–water partition coefficient (Wildman–Crippen LogP) is 2.28. The summed E-state index contributed by atoms with van der Waals surface area (Å²) < 4.78 is 0. The molecule has 2 aromatic rings. The molecule has 0 saturated carbocycles. The van der Waals surface area contributed by atoms with Crippen LogP contribution in [0.1, 0.15) is 16.8 Å². The molecule has 5 heteroatoms. The van der Waals surface area contributed by atoms with Gasteiger partial charge in [0.1, 0.15) is 0 Å². The molecule has 0 radical (unpaired) electrons. The van der Waals surface area contributed by atoms with E-state index in [1.807, 2.05) is 42.5 Å². The van der Waals surface area contributed by atoms with Crippen LogP contribution in [0.2, 0.25) is 0 Å². The van der Waals surface area contributed by atoms with Crippen LogP contribution in [0.15, 0.2) is 54.6 Å². The summed E-state index contributed by atoms with van der Waals surface area (Å²) in [5, 5.41) is 3.31. The Morgan fingerprint density at radius 3 is 2.19 bits per heavy atom. The molecule has 0 aliphatic carbocycles. The second kappa shape index (κ2) is 8.10. The average Bonchev–Trinajstić information content (AvgIpc) is 2.68. The summed E-state index contributed by atoms with van der Waals surface area (Å²) >= 11 is 0.